The third-order valence-electron chi connectivity index (χ3n) is 6.24. The van der Waals surface area contributed by atoms with Crippen LogP contribution in [0.4, 0.5) is 5.69 Å². The van der Waals surface area contributed by atoms with E-state index in [9.17, 15) is 9.59 Å². The van der Waals surface area contributed by atoms with Gasteiger partial charge in [-0.15, -0.1) is 0 Å². The van der Waals surface area contributed by atoms with Crippen molar-refractivity contribution in [2.45, 2.75) is 25.9 Å². The molecule has 3 aromatic rings. The molecule has 2 aromatic carbocycles. The van der Waals surface area contributed by atoms with Crippen LogP contribution in [0.25, 0.3) is 0 Å². The molecule has 192 valence electrons. The number of para-hydroxylation sites is 1. The molecule has 0 aliphatic carbocycles. The van der Waals surface area contributed by atoms with Crippen LogP contribution in [0.2, 0.25) is 0 Å². The molecule has 5 rings (SSSR count). The summed E-state index contributed by atoms with van der Waals surface area (Å²) in [6.45, 7) is 2.23. The van der Waals surface area contributed by atoms with Crippen LogP contribution in [-0.2, 0) is 16.1 Å². The van der Waals surface area contributed by atoms with E-state index in [4.69, 9.17) is 9.73 Å². The minimum Gasteiger partial charge on any atom is -0.497 e. The second kappa shape index (κ2) is 11.4. The minimum atomic E-state index is -0.492. The first kappa shape index (κ1) is 25.3. The number of thioether (sulfide) groups is 1. The van der Waals surface area contributed by atoms with Crippen LogP contribution in [0.5, 0.6) is 5.75 Å². The van der Waals surface area contributed by atoms with Gasteiger partial charge in [0, 0.05) is 30.3 Å². The standard InChI is InChI=1S/C29H27N5O3S/c1-19-26(28(36)33-22-10-4-3-5-11-22)27(21-9-6-12-24(14-21)37-2)34-23(18-38-29(34)32-19)15-25(35)31-17-20-8-7-13-30-16-20/h3-14,16,18,27H,15,17H2,1-2H3,(H,31,35)(H,33,36). The Morgan fingerprint density at radius 2 is 1.92 bits per heavy atom. The Morgan fingerprint density at radius 3 is 2.68 bits per heavy atom. The lowest BCUT2D eigenvalue weighted by Crippen LogP contribution is -2.38. The van der Waals surface area contributed by atoms with Crippen molar-refractivity contribution in [1.82, 2.24) is 15.2 Å². The van der Waals surface area contributed by atoms with Crippen molar-refractivity contribution >= 4 is 34.4 Å². The minimum absolute atomic E-state index is 0.132. The maximum atomic E-state index is 13.7. The van der Waals surface area contributed by atoms with E-state index in [1.807, 2.05) is 84.0 Å². The molecule has 3 heterocycles. The number of carbonyl (C=O) groups excluding carboxylic acids is 2. The van der Waals surface area contributed by atoms with Gasteiger partial charge in [-0.3, -0.25) is 14.6 Å². The van der Waals surface area contributed by atoms with Gasteiger partial charge in [0.25, 0.3) is 5.91 Å². The number of allylic oxidation sites excluding steroid dienone is 1. The van der Waals surface area contributed by atoms with Crippen LogP contribution in [-0.4, -0.2) is 34.0 Å². The van der Waals surface area contributed by atoms with Crippen LogP contribution in [0.3, 0.4) is 0 Å². The molecule has 1 atom stereocenters. The molecular formula is C29H27N5O3S. The summed E-state index contributed by atoms with van der Waals surface area (Å²) in [4.78, 5) is 37.5. The molecule has 0 bridgehead atoms. The van der Waals surface area contributed by atoms with E-state index in [-0.39, 0.29) is 18.2 Å². The number of hydrogen-bond donors (Lipinski definition) is 2. The second-order valence-electron chi connectivity index (χ2n) is 8.80. The summed E-state index contributed by atoms with van der Waals surface area (Å²) in [5.74, 6) is 0.299. The molecule has 2 aliphatic heterocycles. The van der Waals surface area contributed by atoms with Crippen LogP contribution >= 0.6 is 11.8 Å². The number of ether oxygens (including phenoxy) is 1. The number of amides is 2. The normalized spacial score (nSPS) is 16.4. The highest BCUT2D eigenvalue weighted by atomic mass is 32.2. The Balaban J connectivity index is 1.45. The smallest absolute Gasteiger partial charge is 0.255 e. The van der Waals surface area contributed by atoms with Crippen molar-refractivity contribution in [2.24, 2.45) is 4.99 Å². The van der Waals surface area contributed by atoms with Crippen LogP contribution in [0.1, 0.15) is 30.5 Å². The average molecular weight is 526 g/mol. The molecule has 0 spiro atoms. The van der Waals surface area contributed by atoms with Crippen molar-refractivity contribution in [1.29, 1.82) is 0 Å². The van der Waals surface area contributed by atoms with Gasteiger partial charge in [0.05, 0.1) is 30.8 Å². The van der Waals surface area contributed by atoms with E-state index in [0.29, 0.717) is 29.3 Å². The summed E-state index contributed by atoms with van der Waals surface area (Å²) in [5.41, 5.74) is 4.37. The molecule has 2 N–H and O–H groups in total. The van der Waals surface area contributed by atoms with Gasteiger partial charge in [-0.05, 0) is 53.8 Å². The highest BCUT2D eigenvalue weighted by Gasteiger charge is 2.40. The number of amidine groups is 1. The van der Waals surface area contributed by atoms with Crippen molar-refractivity contribution in [2.75, 3.05) is 12.4 Å². The molecule has 8 nitrogen and oxygen atoms in total. The SMILES string of the molecule is COc1cccc(C2C(C(=O)Nc3ccccc3)=C(C)N=C3SC=C(CC(=O)NCc4cccnc4)N32)c1. The van der Waals surface area contributed by atoms with Crippen LogP contribution < -0.4 is 15.4 Å². The monoisotopic (exact) mass is 525 g/mol. The zero-order valence-electron chi connectivity index (χ0n) is 21.0. The number of benzene rings is 2. The average Bonchev–Trinajstić information content (AvgIpc) is 3.33. The van der Waals surface area contributed by atoms with Crippen molar-refractivity contribution < 1.29 is 14.3 Å². The molecule has 2 aliphatic rings. The topological polar surface area (TPSA) is 95.9 Å². The van der Waals surface area contributed by atoms with Crippen molar-refractivity contribution in [3.05, 3.63) is 113 Å². The maximum absolute atomic E-state index is 13.7. The Morgan fingerprint density at radius 1 is 1.08 bits per heavy atom. The lowest BCUT2D eigenvalue weighted by atomic mass is 9.93. The number of methoxy groups -OCH3 is 1. The van der Waals surface area contributed by atoms with Gasteiger partial charge in [0.2, 0.25) is 5.91 Å². The number of aliphatic imine (C=N–C) groups is 1. The molecule has 1 unspecified atom stereocenters. The Bertz CT molecular complexity index is 1440. The first-order chi connectivity index (χ1) is 18.5. The first-order valence-electron chi connectivity index (χ1n) is 12.1. The third-order valence-corrected chi connectivity index (χ3v) is 7.13. The number of anilines is 1. The van der Waals surface area contributed by atoms with Gasteiger partial charge >= 0.3 is 0 Å². The number of rotatable bonds is 8. The van der Waals surface area contributed by atoms with E-state index in [1.165, 1.54) is 11.8 Å². The van der Waals surface area contributed by atoms with E-state index < -0.39 is 6.04 Å². The largest absolute Gasteiger partial charge is 0.497 e. The Hall–Kier alpha value is -4.37. The van der Waals surface area contributed by atoms with E-state index in [0.717, 1.165) is 22.0 Å². The number of nitrogens with one attached hydrogen (secondary N) is 2. The molecule has 1 aromatic heterocycles. The summed E-state index contributed by atoms with van der Waals surface area (Å²) in [6.07, 6.45) is 3.56. The predicted octanol–water partition coefficient (Wildman–Crippen LogP) is 5.01. The number of fused-ring (bicyclic) bond motifs is 1. The number of aromatic nitrogens is 1. The van der Waals surface area contributed by atoms with Crippen LogP contribution in [0, 0.1) is 0 Å². The molecule has 0 fully saturated rings. The molecule has 2 amide bonds. The van der Waals surface area contributed by atoms with E-state index >= 15 is 0 Å². The fourth-order valence-corrected chi connectivity index (χ4v) is 5.40. The molecule has 9 heteroatoms. The first-order valence-corrected chi connectivity index (χ1v) is 13.0. The summed E-state index contributed by atoms with van der Waals surface area (Å²) >= 11 is 1.45. The number of carbonyl (C=O) groups is 2. The molecule has 0 saturated carbocycles. The second-order valence-corrected chi connectivity index (χ2v) is 9.64. The maximum Gasteiger partial charge on any atom is 0.255 e. The molecule has 38 heavy (non-hydrogen) atoms. The van der Waals surface area contributed by atoms with Gasteiger partial charge in [-0.2, -0.15) is 0 Å². The highest BCUT2D eigenvalue weighted by molar-refractivity contribution is 8.16. The van der Waals surface area contributed by atoms with Gasteiger partial charge in [0.15, 0.2) is 5.17 Å². The van der Waals surface area contributed by atoms with Crippen molar-refractivity contribution in [3.63, 3.8) is 0 Å². The number of hydrogen-bond acceptors (Lipinski definition) is 7. The zero-order chi connectivity index (χ0) is 26.5. The quantitative estimate of drug-likeness (QED) is 0.429. The summed E-state index contributed by atoms with van der Waals surface area (Å²) in [5, 5.41) is 8.63. The van der Waals surface area contributed by atoms with Crippen molar-refractivity contribution in [3.8, 4) is 5.75 Å². The lowest BCUT2D eigenvalue weighted by molar-refractivity contribution is -0.120. The molecular weight excluding hydrogens is 498 g/mol. The summed E-state index contributed by atoms with van der Waals surface area (Å²) in [7, 11) is 1.61. The van der Waals surface area contributed by atoms with Gasteiger partial charge in [0.1, 0.15) is 5.75 Å². The Labute approximate surface area is 225 Å². The number of nitrogens with zero attached hydrogens (tertiary/aromatic N) is 3. The zero-order valence-corrected chi connectivity index (χ0v) is 21.9. The van der Waals surface area contributed by atoms with Gasteiger partial charge in [-0.25, -0.2) is 4.99 Å². The van der Waals surface area contributed by atoms with Gasteiger partial charge in [-0.1, -0.05) is 48.2 Å². The predicted molar refractivity (Wildman–Crippen MR) is 149 cm³/mol. The van der Waals surface area contributed by atoms with E-state index in [2.05, 4.69) is 15.6 Å². The fraction of sp³-hybridized carbons (Fsp3) is 0.172. The number of pyridine rings is 1. The molecule has 0 saturated heterocycles. The van der Waals surface area contributed by atoms with E-state index in [1.54, 1.807) is 19.5 Å². The highest BCUT2D eigenvalue weighted by Crippen LogP contribution is 2.45. The summed E-state index contributed by atoms with van der Waals surface area (Å²) < 4.78 is 5.49. The summed E-state index contributed by atoms with van der Waals surface area (Å²) in [6, 6.07) is 20.2. The van der Waals surface area contributed by atoms with Crippen LogP contribution in [0.15, 0.2) is 106 Å². The fourth-order valence-electron chi connectivity index (χ4n) is 4.44. The Kier molecular flexibility index (Phi) is 7.55. The molecule has 0 radical (unpaired) electrons. The third kappa shape index (κ3) is 5.47. The lowest BCUT2D eigenvalue weighted by Gasteiger charge is -2.36. The van der Waals surface area contributed by atoms with Gasteiger partial charge < -0.3 is 20.3 Å².